The molecule has 0 saturated carbocycles. The van der Waals surface area contributed by atoms with E-state index in [2.05, 4.69) is 15.3 Å². The van der Waals surface area contributed by atoms with Gasteiger partial charge in [-0.3, -0.25) is 4.79 Å². The van der Waals surface area contributed by atoms with Crippen LogP contribution in [0.25, 0.3) is 22.0 Å². The average molecular weight is 421 g/mol. The van der Waals surface area contributed by atoms with Gasteiger partial charge in [-0.05, 0) is 53.6 Å². The van der Waals surface area contributed by atoms with E-state index in [9.17, 15) is 4.79 Å². The lowest BCUT2D eigenvalue weighted by Crippen LogP contribution is -1.97. The maximum Gasteiger partial charge on any atom is 0.185 e. The first-order chi connectivity index (χ1) is 15.8. The van der Waals surface area contributed by atoms with Crippen LogP contribution < -0.4 is 10.1 Å². The molecular formula is C26H19N3O3. The predicted octanol–water partition coefficient (Wildman–Crippen LogP) is 6.02. The van der Waals surface area contributed by atoms with Crippen LogP contribution in [0.1, 0.15) is 16.1 Å². The van der Waals surface area contributed by atoms with Gasteiger partial charge in [0.2, 0.25) is 0 Å². The summed E-state index contributed by atoms with van der Waals surface area (Å²) in [5.74, 6) is 1.75. The zero-order chi connectivity index (χ0) is 21.8. The normalized spacial score (nSPS) is 10.8. The number of nitrogens with one attached hydrogen (secondary N) is 1. The highest BCUT2D eigenvalue weighted by Crippen LogP contribution is 2.30. The molecule has 0 spiro atoms. The van der Waals surface area contributed by atoms with E-state index < -0.39 is 0 Å². The summed E-state index contributed by atoms with van der Waals surface area (Å²) in [6.45, 7) is 0.518. The van der Waals surface area contributed by atoms with E-state index in [0.29, 0.717) is 24.5 Å². The molecule has 32 heavy (non-hydrogen) atoms. The first-order valence-electron chi connectivity index (χ1n) is 10.1. The number of nitrogens with zero attached hydrogens (tertiary/aromatic N) is 2. The third kappa shape index (κ3) is 4.06. The van der Waals surface area contributed by atoms with Gasteiger partial charge in [0, 0.05) is 16.6 Å². The smallest absolute Gasteiger partial charge is 0.185 e. The molecule has 0 amide bonds. The molecule has 6 nitrogen and oxygen atoms in total. The van der Waals surface area contributed by atoms with Gasteiger partial charge in [-0.1, -0.05) is 36.4 Å². The first-order valence-corrected chi connectivity index (χ1v) is 10.1. The number of furan rings is 1. The summed E-state index contributed by atoms with van der Waals surface area (Å²) >= 11 is 0. The van der Waals surface area contributed by atoms with E-state index in [4.69, 9.17) is 9.15 Å². The molecule has 1 N–H and O–H groups in total. The zero-order valence-electron chi connectivity index (χ0n) is 17.1. The fourth-order valence-electron chi connectivity index (χ4n) is 3.49. The predicted molar refractivity (Wildman–Crippen MR) is 123 cm³/mol. The summed E-state index contributed by atoms with van der Waals surface area (Å²) in [7, 11) is 0. The highest BCUT2D eigenvalue weighted by molar-refractivity contribution is 5.95. The summed E-state index contributed by atoms with van der Waals surface area (Å²) in [5.41, 5.74) is 4.38. The molecular weight excluding hydrogens is 402 g/mol. The number of fused-ring (bicyclic) bond motifs is 1. The summed E-state index contributed by atoms with van der Waals surface area (Å²) < 4.78 is 11.1. The number of carbonyl (C=O) groups excluding carboxylic acids is 1. The molecule has 0 aliphatic heterocycles. The minimum absolute atomic E-state index is 0.293. The monoisotopic (exact) mass is 421 g/mol. The molecule has 5 rings (SSSR count). The molecule has 0 bridgehead atoms. The molecule has 0 fully saturated rings. The Morgan fingerprint density at radius 1 is 0.938 bits per heavy atom. The summed E-state index contributed by atoms with van der Waals surface area (Å²) in [5, 5.41) is 4.19. The maximum atomic E-state index is 11.2. The molecule has 156 valence electrons. The van der Waals surface area contributed by atoms with Crippen LogP contribution in [0.2, 0.25) is 0 Å². The Hall–Kier alpha value is -4.45. The maximum absolute atomic E-state index is 11.2. The van der Waals surface area contributed by atoms with Gasteiger partial charge >= 0.3 is 0 Å². The molecule has 2 aromatic heterocycles. The number of carbonyl (C=O) groups is 1. The molecule has 2 heterocycles. The molecule has 0 aliphatic rings. The Morgan fingerprint density at radius 2 is 1.78 bits per heavy atom. The fraction of sp³-hybridized carbons (Fsp3) is 0.0385. The van der Waals surface area contributed by atoms with Gasteiger partial charge in [-0.25, -0.2) is 9.97 Å². The third-order valence-electron chi connectivity index (χ3n) is 5.11. The second-order valence-corrected chi connectivity index (χ2v) is 7.19. The molecule has 6 heteroatoms. The number of hydrogen-bond donors (Lipinski definition) is 1. The second-order valence-electron chi connectivity index (χ2n) is 7.19. The molecule has 0 atom stereocenters. The number of hydrogen-bond acceptors (Lipinski definition) is 6. The van der Waals surface area contributed by atoms with Crippen molar-refractivity contribution in [2.75, 3.05) is 5.32 Å². The van der Waals surface area contributed by atoms with Crippen molar-refractivity contribution in [2.24, 2.45) is 0 Å². The topological polar surface area (TPSA) is 77.2 Å². The molecule has 3 aromatic carbocycles. The third-order valence-corrected chi connectivity index (χ3v) is 5.11. The number of aldehydes is 1. The molecule has 0 unspecified atom stereocenters. The Morgan fingerprint density at radius 3 is 2.59 bits per heavy atom. The van der Waals surface area contributed by atoms with Crippen molar-refractivity contribution in [1.82, 2.24) is 9.97 Å². The van der Waals surface area contributed by atoms with Crippen LogP contribution >= 0.6 is 0 Å². The van der Waals surface area contributed by atoms with Crippen LogP contribution in [0.3, 0.4) is 0 Å². The van der Waals surface area contributed by atoms with E-state index in [1.54, 1.807) is 6.07 Å². The van der Waals surface area contributed by atoms with E-state index in [0.717, 1.165) is 39.0 Å². The minimum Gasteiger partial charge on any atom is -0.489 e. The van der Waals surface area contributed by atoms with Gasteiger partial charge in [-0.15, -0.1) is 0 Å². The van der Waals surface area contributed by atoms with Gasteiger partial charge in [-0.2, -0.15) is 0 Å². The lowest BCUT2D eigenvalue weighted by molar-refractivity contribution is 0.110. The summed E-state index contributed by atoms with van der Waals surface area (Å²) in [4.78, 5) is 20.0. The van der Waals surface area contributed by atoms with Crippen LogP contribution in [0.4, 0.5) is 11.5 Å². The standard InChI is InChI=1S/C26H19N3O3/c30-15-25-22(12-13-31-25)19-6-11-24-23(14-19)26(28-17-27-24)29-20-7-9-21(10-8-20)32-16-18-4-2-1-3-5-18/h1-15,17H,16H2,(H,27,28,29). The van der Waals surface area contributed by atoms with Gasteiger partial charge in [0.15, 0.2) is 12.0 Å². The van der Waals surface area contributed by atoms with Crippen LogP contribution in [-0.2, 0) is 6.61 Å². The van der Waals surface area contributed by atoms with Crippen molar-refractivity contribution in [1.29, 1.82) is 0 Å². The summed E-state index contributed by atoms with van der Waals surface area (Å²) in [6, 6.07) is 25.3. The van der Waals surface area contributed by atoms with E-state index in [1.807, 2.05) is 72.8 Å². The number of aromatic nitrogens is 2. The second kappa shape index (κ2) is 8.73. The van der Waals surface area contributed by atoms with E-state index >= 15 is 0 Å². The Labute approximate surface area is 184 Å². The van der Waals surface area contributed by atoms with Crippen molar-refractivity contribution >= 4 is 28.7 Å². The van der Waals surface area contributed by atoms with E-state index in [-0.39, 0.29) is 0 Å². The number of rotatable bonds is 7. The first kappa shape index (κ1) is 19.5. The fourth-order valence-corrected chi connectivity index (χ4v) is 3.49. The highest BCUT2D eigenvalue weighted by atomic mass is 16.5. The minimum atomic E-state index is 0.293. The molecule has 5 aromatic rings. The van der Waals surface area contributed by atoms with Crippen LogP contribution in [0, 0.1) is 0 Å². The number of ether oxygens (including phenoxy) is 1. The quantitative estimate of drug-likeness (QED) is 0.324. The van der Waals surface area contributed by atoms with Gasteiger partial charge < -0.3 is 14.5 Å². The molecule has 0 aliphatic carbocycles. The van der Waals surface area contributed by atoms with Crippen molar-refractivity contribution in [2.45, 2.75) is 6.61 Å². The van der Waals surface area contributed by atoms with E-state index in [1.165, 1.54) is 12.6 Å². The Bertz CT molecular complexity index is 1360. The molecule has 0 radical (unpaired) electrons. The van der Waals surface area contributed by atoms with Crippen molar-refractivity contribution in [3.05, 3.63) is 103 Å². The number of anilines is 2. The van der Waals surface area contributed by atoms with Crippen LogP contribution in [0.5, 0.6) is 5.75 Å². The zero-order valence-corrected chi connectivity index (χ0v) is 17.1. The van der Waals surface area contributed by atoms with Crippen LogP contribution in [-0.4, -0.2) is 16.3 Å². The van der Waals surface area contributed by atoms with Gasteiger partial charge in [0.1, 0.15) is 24.5 Å². The van der Waals surface area contributed by atoms with Crippen molar-refractivity contribution in [3.8, 4) is 16.9 Å². The summed E-state index contributed by atoms with van der Waals surface area (Å²) in [6.07, 6.45) is 3.74. The van der Waals surface area contributed by atoms with Gasteiger partial charge in [0.25, 0.3) is 0 Å². The highest BCUT2D eigenvalue weighted by Gasteiger charge is 2.11. The Balaban J connectivity index is 1.37. The van der Waals surface area contributed by atoms with Crippen LogP contribution in [0.15, 0.2) is 95.9 Å². The Kier molecular flexibility index (Phi) is 5.32. The van der Waals surface area contributed by atoms with Gasteiger partial charge in [0.05, 0.1) is 11.8 Å². The van der Waals surface area contributed by atoms with Crippen molar-refractivity contribution in [3.63, 3.8) is 0 Å². The average Bonchev–Trinajstić information content (AvgIpc) is 3.33. The SMILES string of the molecule is O=Cc1occc1-c1ccc2ncnc(Nc3ccc(OCc4ccccc4)cc3)c2c1. The lowest BCUT2D eigenvalue weighted by atomic mass is 10.0. The number of benzene rings is 3. The van der Waals surface area contributed by atoms with Crippen molar-refractivity contribution < 1.29 is 13.9 Å². The molecule has 0 saturated heterocycles. The largest absolute Gasteiger partial charge is 0.489 e. The lowest BCUT2D eigenvalue weighted by Gasteiger charge is -2.11.